The average Bonchev–Trinajstić information content (AvgIpc) is 2.58. The van der Waals surface area contributed by atoms with Gasteiger partial charge in [0.2, 0.25) is 0 Å². The van der Waals surface area contributed by atoms with Crippen molar-refractivity contribution >= 4 is 40.8 Å². The summed E-state index contributed by atoms with van der Waals surface area (Å²) in [6.45, 7) is 2.35. The number of carbonyl (C=O) groups is 2. The number of hydrogen-bond donors (Lipinski definition) is 2. The third-order valence-electron chi connectivity index (χ3n) is 3.69. The number of urea groups is 1. The number of hydrogen-bond acceptors (Lipinski definition) is 4. The molecule has 2 heterocycles. The molecule has 12 heteroatoms. The molecule has 3 amide bonds. The maximum absolute atomic E-state index is 13.5. The van der Waals surface area contributed by atoms with Gasteiger partial charge in [0.05, 0.1) is 22.9 Å². The quantitative estimate of drug-likeness (QED) is 0.529. The van der Waals surface area contributed by atoms with Crippen molar-refractivity contribution in [2.24, 2.45) is 0 Å². The molecule has 150 valence electrons. The highest BCUT2D eigenvalue weighted by molar-refractivity contribution is 6.35. The van der Waals surface area contributed by atoms with E-state index < -0.39 is 51.4 Å². The number of halogens is 6. The van der Waals surface area contributed by atoms with E-state index >= 15 is 0 Å². The molecule has 0 bridgehead atoms. The number of nitrogens with zero attached hydrogens (tertiary/aromatic N) is 2. The van der Waals surface area contributed by atoms with Crippen molar-refractivity contribution in [3.63, 3.8) is 0 Å². The van der Waals surface area contributed by atoms with Gasteiger partial charge in [-0.25, -0.2) is 14.2 Å². The maximum atomic E-state index is 13.5. The Hall–Kier alpha value is -2.46. The fourth-order valence-corrected chi connectivity index (χ4v) is 2.55. The third kappa shape index (κ3) is 4.87. The highest BCUT2D eigenvalue weighted by Crippen LogP contribution is 2.37. The molecule has 28 heavy (non-hydrogen) atoms. The van der Waals surface area contributed by atoms with Gasteiger partial charge in [-0.1, -0.05) is 23.2 Å². The molecule has 0 aliphatic heterocycles. The lowest BCUT2D eigenvalue weighted by Crippen LogP contribution is -2.35. The largest absolute Gasteiger partial charge is 0.397 e. The monoisotopic (exact) mass is 438 g/mol. The Kier molecular flexibility index (Phi) is 6.45. The predicted octanol–water partition coefficient (Wildman–Crippen LogP) is 4.86. The summed E-state index contributed by atoms with van der Waals surface area (Å²) < 4.78 is 52.6. The van der Waals surface area contributed by atoms with E-state index in [-0.39, 0.29) is 5.69 Å². The summed E-state index contributed by atoms with van der Waals surface area (Å²) in [6.07, 6.45) is -3.42. The van der Waals surface area contributed by atoms with Crippen LogP contribution in [0, 0.1) is 12.7 Å². The van der Waals surface area contributed by atoms with Gasteiger partial charge in [0.1, 0.15) is 5.15 Å². The zero-order chi connectivity index (χ0) is 21.2. The van der Waals surface area contributed by atoms with Crippen LogP contribution in [0.3, 0.4) is 0 Å². The topological polar surface area (TPSA) is 84.0 Å². The number of imide groups is 1. The van der Waals surface area contributed by atoms with Gasteiger partial charge in [0.25, 0.3) is 5.91 Å². The second-order valence-electron chi connectivity index (χ2n) is 5.66. The first-order valence-corrected chi connectivity index (χ1v) is 8.33. The zero-order valence-corrected chi connectivity index (χ0v) is 15.8. The van der Waals surface area contributed by atoms with Crippen molar-refractivity contribution in [1.29, 1.82) is 0 Å². The summed E-state index contributed by atoms with van der Waals surface area (Å²) in [5.74, 6) is -4.14. The molecule has 2 aromatic rings. The van der Waals surface area contributed by atoms with Crippen LogP contribution in [0.5, 0.6) is 0 Å². The minimum atomic E-state index is -4.59. The number of aromatic nitrogens is 2. The van der Waals surface area contributed by atoms with Crippen LogP contribution in [0.2, 0.25) is 10.3 Å². The average molecular weight is 439 g/mol. The number of carbonyl (C=O) groups excluding carboxylic acids is 2. The molecule has 0 aliphatic carbocycles. The predicted molar refractivity (Wildman–Crippen MR) is 94.1 cm³/mol. The Morgan fingerprint density at radius 2 is 1.86 bits per heavy atom. The minimum Gasteiger partial charge on any atom is -0.306 e. The SMILES string of the molecule is Cc1ccnc([C@@H](C)C(F)(F)F)c1NC(=O)NC(=O)c1cc(F)c(Cl)nc1Cl. The second kappa shape index (κ2) is 8.27. The first-order valence-electron chi connectivity index (χ1n) is 7.58. The smallest absolute Gasteiger partial charge is 0.306 e. The Bertz CT molecular complexity index is 938. The van der Waals surface area contributed by atoms with E-state index in [2.05, 4.69) is 15.3 Å². The van der Waals surface area contributed by atoms with Crippen LogP contribution in [-0.2, 0) is 0 Å². The number of aryl methyl sites for hydroxylation is 1. The standard InChI is InChI=1S/C16H12Cl2F4N4O2/c1-6-3-4-23-11(7(2)16(20,21)22)10(6)24-15(28)26-14(27)8-5-9(19)13(18)25-12(8)17/h3-5,7H,1-2H3,(H2,24,26,27,28)/t7-/m1/s1. The molecule has 0 spiro atoms. The highest BCUT2D eigenvalue weighted by atomic mass is 35.5. The van der Waals surface area contributed by atoms with Gasteiger partial charge in [-0.15, -0.1) is 0 Å². The summed E-state index contributed by atoms with van der Waals surface area (Å²) in [5, 5.41) is 2.97. The second-order valence-corrected chi connectivity index (χ2v) is 6.38. The van der Waals surface area contributed by atoms with E-state index in [1.165, 1.54) is 19.2 Å². The van der Waals surface area contributed by atoms with Crippen LogP contribution in [0.1, 0.15) is 34.5 Å². The maximum Gasteiger partial charge on any atom is 0.397 e. The third-order valence-corrected chi connectivity index (χ3v) is 4.24. The molecule has 1 atom stereocenters. The molecule has 0 saturated carbocycles. The van der Waals surface area contributed by atoms with E-state index in [0.717, 1.165) is 6.92 Å². The molecular weight excluding hydrogens is 427 g/mol. The molecule has 0 aromatic carbocycles. The fourth-order valence-electron chi connectivity index (χ4n) is 2.15. The van der Waals surface area contributed by atoms with Crippen LogP contribution < -0.4 is 10.6 Å². The van der Waals surface area contributed by atoms with E-state index in [4.69, 9.17) is 23.2 Å². The Balaban J connectivity index is 2.25. The van der Waals surface area contributed by atoms with Gasteiger partial charge < -0.3 is 5.32 Å². The van der Waals surface area contributed by atoms with Gasteiger partial charge in [-0.05, 0) is 31.5 Å². The molecule has 0 unspecified atom stereocenters. The first-order chi connectivity index (χ1) is 12.9. The van der Waals surface area contributed by atoms with Crippen molar-refractivity contribution in [3.8, 4) is 0 Å². The number of amides is 3. The van der Waals surface area contributed by atoms with E-state index in [0.29, 0.717) is 11.6 Å². The van der Waals surface area contributed by atoms with Crippen molar-refractivity contribution in [1.82, 2.24) is 15.3 Å². The van der Waals surface area contributed by atoms with Crippen LogP contribution in [0.4, 0.5) is 28.0 Å². The van der Waals surface area contributed by atoms with Gasteiger partial charge >= 0.3 is 12.2 Å². The van der Waals surface area contributed by atoms with Crippen molar-refractivity contribution in [2.75, 3.05) is 5.32 Å². The molecule has 2 aromatic heterocycles. The van der Waals surface area contributed by atoms with Gasteiger partial charge in [0.15, 0.2) is 11.0 Å². The number of rotatable bonds is 3. The van der Waals surface area contributed by atoms with E-state index in [1.807, 2.05) is 5.32 Å². The summed E-state index contributed by atoms with van der Waals surface area (Å²) in [5.41, 5.74) is -0.817. The number of nitrogens with one attached hydrogen (secondary N) is 2. The summed E-state index contributed by atoms with van der Waals surface area (Å²) >= 11 is 11.1. The number of pyridine rings is 2. The Morgan fingerprint density at radius 3 is 2.46 bits per heavy atom. The molecule has 0 aliphatic rings. The molecular formula is C16H12Cl2F4N4O2. The lowest BCUT2D eigenvalue weighted by molar-refractivity contribution is -0.146. The lowest BCUT2D eigenvalue weighted by atomic mass is 10.0. The van der Waals surface area contributed by atoms with E-state index in [9.17, 15) is 27.2 Å². The summed E-state index contributed by atoms with van der Waals surface area (Å²) in [7, 11) is 0. The van der Waals surface area contributed by atoms with Crippen LogP contribution in [-0.4, -0.2) is 28.1 Å². The van der Waals surface area contributed by atoms with Crippen molar-refractivity contribution in [2.45, 2.75) is 25.9 Å². The molecule has 0 saturated heterocycles. The normalized spacial score (nSPS) is 12.4. The van der Waals surface area contributed by atoms with Gasteiger partial charge in [-0.2, -0.15) is 13.2 Å². The zero-order valence-electron chi connectivity index (χ0n) is 14.3. The Labute approximate surface area is 166 Å². The van der Waals surface area contributed by atoms with Gasteiger partial charge in [0, 0.05) is 6.20 Å². The van der Waals surface area contributed by atoms with Crippen LogP contribution in [0.15, 0.2) is 18.3 Å². The van der Waals surface area contributed by atoms with Crippen molar-refractivity contribution in [3.05, 3.63) is 51.3 Å². The van der Waals surface area contributed by atoms with Crippen LogP contribution >= 0.6 is 23.2 Å². The van der Waals surface area contributed by atoms with Gasteiger partial charge in [-0.3, -0.25) is 15.1 Å². The number of anilines is 1. The van der Waals surface area contributed by atoms with E-state index in [1.54, 1.807) is 0 Å². The minimum absolute atomic E-state index is 0.205. The van der Waals surface area contributed by atoms with Crippen LogP contribution in [0.25, 0.3) is 0 Å². The Morgan fingerprint density at radius 1 is 1.21 bits per heavy atom. The summed E-state index contributed by atoms with van der Waals surface area (Å²) in [4.78, 5) is 31.3. The summed E-state index contributed by atoms with van der Waals surface area (Å²) in [6, 6.07) is 0.898. The lowest BCUT2D eigenvalue weighted by Gasteiger charge is -2.20. The molecule has 2 N–H and O–H groups in total. The first kappa shape index (κ1) is 21.8. The molecule has 0 radical (unpaired) electrons. The van der Waals surface area contributed by atoms with Crippen molar-refractivity contribution < 1.29 is 27.2 Å². The number of alkyl halides is 3. The molecule has 6 nitrogen and oxygen atoms in total. The fraction of sp³-hybridized carbons (Fsp3) is 0.250. The molecule has 0 fully saturated rings. The molecule has 2 rings (SSSR count). The highest BCUT2D eigenvalue weighted by Gasteiger charge is 2.39.